The van der Waals surface area contributed by atoms with Gasteiger partial charge < -0.3 is 27.9 Å². The third-order valence-corrected chi connectivity index (χ3v) is 17.1. The zero-order chi connectivity index (χ0) is 52.2. The number of para-hydroxylation sites is 7. The summed E-state index contributed by atoms with van der Waals surface area (Å²) in [5.41, 5.74) is 20.0. The maximum Gasteiger partial charge on any atom is 0.260 e. The van der Waals surface area contributed by atoms with Gasteiger partial charge in [0.2, 0.25) is 0 Å². The minimum absolute atomic E-state index is 0.0188. The molecule has 0 unspecified atom stereocenters. The van der Waals surface area contributed by atoms with Crippen LogP contribution in [0.4, 0.5) is 0 Å². The molecule has 0 fully saturated rings. The SMILES string of the molecule is c1ccc(-n2c3ccccc3c3cc(-c4ccc(-c5cc6c7c(c5)Oc5ccccc5B7c5ccccc5O6)cc4)c4oc5c(-c6ccc(-c7cc8c9c(c7)Oc7ccccc7B9c7ccccc7O8)cc6)cccc5c4c32)cc1. The van der Waals surface area contributed by atoms with E-state index in [0.29, 0.717) is 0 Å². The van der Waals surface area contributed by atoms with Gasteiger partial charge in [-0.05, 0) is 128 Å². The van der Waals surface area contributed by atoms with E-state index in [2.05, 4.69) is 229 Å². The topological polar surface area (TPSA) is 55.0 Å². The number of furan rings is 1. The summed E-state index contributed by atoms with van der Waals surface area (Å²) < 4.78 is 36.5. The number of hydrogen-bond donors (Lipinski definition) is 0. The van der Waals surface area contributed by atoms with Crippen molar-refractivity contribution >= 4 is 89.9 Å². The van der Waals surface area contributed by atoms with Crippen molar-refractivity contribution in [3.8, 4) is 96.2 Å². The number of rotatable bonds is 5. The maximum atomic E-state index is 7.40. The highest BCUT2D eigenvalue weighted by Gasteiger charge is 2.42. The summed E-state index contributed by atoms with van der Waals surface area (Å²) in [6.07, 6.45) is 0. The van der Waals surface area contributed by atoms with Crippen molar-refractivity contribution in [2.75, 3.05) is 0 Å². The average Bonchev–Trinajstić information content (AvgIpc) is 4.27. The molecule has 0 saturated heterocycles. The molecule has 12 aromatic carbocycles. The van der Waals surface area contributed by atoms with Gasteiger partial charge in [0, 0.05) is 43.9 Å². The minimum atomic E-state index is 0.0188. The highest BCUT2D eigenvalue weighted by molar-refractivity contribution is 6.99. The molecule has 0 spiro atoms. The largest absolute Gasteiger partial charge is 0.458 e. The molecule has 0 saturated carbocycles. The first-order valence-corrected chi connectivity index (χ1v) is 27.3. The van der Waals surface area contributed by atoms with E-state index in [1.165, 1.54) is 5.39 Å². The molecule has 0 atom stereocenters. The van der Waals surface area contributed by atoms with Gasteiger partial charge in [0.25, 0.3) is 13.4 Å². The maximum absolute atomic E-state index is 7.40. The summed E-state index contributed by atoms with van der Waals surface area (Å²) in [4.78, 5) is 0. The number of fused-ring (bicyclic) bond motifs is 15. The summed E-state index contributed by atoms with van der Waals surface area (Å²) >= 11 is 0. The molecule has 0 bridgehead atoms. The van der Waals surface area contributed by atoms with Crippen LogP contribution in [0.2, 0.25) is 0 Å². The lowest BCUT2D eigenvalue weighted by Gasteiger charge is -2.33. The minimum Gasteiger partial charge on any atom is -0.458 e. The Hall–Kier alpha value is -10.4. The van der Waals surface area contributed by atoms with Crippen molar-refractivity contribution in [1.29, 1.82) is 0 Å². The Labute approximate surface area is 460 Å². The average molecular weight is 1020 g/mol. The fraction of sp³-hybridized carbons (Fsp3) is 0. The van der Waals surface area contributed by atoms with Gasteiger partial charge in [-0.1, -0.05) is 176 Å². The van der Waals surface area contributed by atoms with Crippen LogP contribution in [0.25, 0.3) is 93.9 Å². The van der Waals surface area contributed by atoms with Crippen molar-refractivity contribution in [3.63, 3.8) is 0 Å². The summed E-state index contributed by atoms with van der Waals surface area (Å²) in [6.45, 7) is 0.0427. The summed E-state index contributed by atoms with van der Waals surface area (Å²) in [6, 6.07) is 88.1. The number of aromatic nitrogens is 1. The van der Waals surface area contributed by atoms with E-state index in [1.54, 1.807) is 0 Å². The Balaban J connectivity index is 0.779. The van der Waals surface area contributed by atoms with Gasteiger partial charge in [0.05, 0.1) is 16.4 Å². The monoisotopic (exact) mass is 1020 g/mol. The molecule has 6 nitrogen and oxygen atoms in total. The van der Waals surface area contributed by atoms with E-state index in [4.69, 9.17) is 23.4 Å². The van der Waals surface area contributed by atoms with E-state index >= 15 is 0 Å². The van der Waals surface area contributed by atoms with Gasteiger partial charge in [-0.15, -0.1) is 0 Å². The molecule has 0 amide bonds. The third-order valence-electron chi connectivity index (χ3n) is 17.1. The van der Waals surface area contributed by atoms with Crippen molar-refractivity contribution in [2.45, 2.75) is 0 Å². The van der Waals surface area contributed by atoms with Crippen LogP contribution in [0, 0.1) is 0 Å². The molecule has 2 aromatic heterocycles. The Bertz CT molecular complexity index is 4820. The molecule has 14 aromatic rings. The fourth-order valence-corrected chi connectivity index (χ4v) is 13.5. The Kier molecular flexibility index (Phi) is 9.03. The lowest BCUT2D eigenvalue weighted by molar-refractivity contribution is 0.464. The molecule has 0 N–H and O–H groups in total. The number of benzene rings is 12. The van der Waals surface area contributed by atoms with Gasteiger partial charge in [-0.2, -0.15) is 0 Å². The van der Waals surface area contributed by atoms with Crippen LogP contribution >= 0.6 is 0 Å². The van der Waals surface area contributed by atoms with Crippen LogP contribution < -0.4 is 51.7 Å². The molecule has 18 rings (SSSR count). The molecular weight excluding hydrogens is 980 g/mol. The molecule has 80 heavy (non-hydrogen) atoms. The van der Waals surface area contributed by atoms with E-state index in [9.17, 15) is 0 Å². The summed E-state index contributed by atoms with van der Waals surface area (Å²) in [5.74, 6) is 6.76. The zero-order valence-corrected chi connectivity index (χ0v) is 42.8. The van der Waals surface area contributed by atoms with Gasteiger partial charge in [-0.25, -0.2) is 0 Å². The molecule has 0 radical (unpaired) electrons. The smallest absolute Gasteiger partial charge is 0.260 e. The standard InChI is InChI=1S/C72H41B2NO5/c1-2-15-48(16-3-1)75-58-24-9-4-17-50(58)53-41-52(45-35-31-43(32-36-45)47-39-65-69-66(40-47)79-62-28-13-8-23-57(62)74(69)56-22-7-12-27-61(56)78-65)72-67(70(53)75)51-19-14-18-49(71(51)80-72)44-33-29-42(30-34-44)46-37-63-68-64(38-46)77-60-26-11-6-21-55(60)73(68)54-20-5-10-25-59(54)76-63/h1-41H. The van der Waals surface area contributed by atoms with Crippen LogP contribution in [0.1, 0.15) is 0 Å². The molecule has 6 heterocycles. The normalized spacial score (nSPS) is 13.1. The molecule has 0 aliphatic carbocycles. The van der Waals surface area contributed by atoms with Gasteiger partial charge in [-0.3, -0.25) is 0 Å². The van der Waals surface area contributed by atoms with Crippen LogP contribution in [-0.4, -0.2) is 18.0 Å². The quantitative estimate of drug-likeness (QED) is 0.161. The van der Waals surface area contributed by atoms with Crippen molar-refractivity contribution in [3.05, 3.63) is 249 Å². The number of nitrogens with zero attached hydrogens (tertiary/aromatic N) is 1. The van der Waals surface area contributed by atoms with E-state index < -0.39 is 0 Å². The van der Waals surface area contributed by atoms with Gasteiger partial charge >= 0.3 is 0 Å². The Morgan fingerprint density at radius 1 is 0.287 bits per heavy atom. The van der Waals surface area contributed by atoms with Crippen LogP contribution in [0.5, 0.6) is 46.0 Å². The van der Waals surface area contributed by atoms with Crippen molar-refractivity contribution in [1.82, 2.24) is 4.57 Å². The Morgan fingerprint density at radius 2 is 0.713 bits per heavy atom. The van der Waals surface area contributed by atoms with Crippen LogP contribution in [0.15, 0.2) is 253 Å². The van der Waals surface area contributed by atoms with Crippen LogP contribution in [-0.2, 0) is 0 Å². The van der Waals surface area contributed by atoms with Crippen molar-refractivity contribution in [2.24, 2.45) is 0 Å². The fourth-order valence-electron chi connectivity index (χ4n) is 13.5. The predicted molar refractivity (Wildman–Crippen MR) is 325 cm³/mol. The van der Waals surface area contributed by atoms with E-state index in [-0.39, 0.29) is 13.4 Å². The lowest BCUT2D eigenvalue weighted by Crippen LogP contribution is -2.57. The second-order valence-electron chi connectivity index (χ2n) is 21.3. The van der Waals surface area contributed by atoms with Crippen molar-refractivity contribution < 1.29 is 23.4 Å². The lowest BCUT2D eigenvalue weighted by atomic mass is 9.35. The van der Waals surface area contributed by atoms with E-state index in [1.807, 2.05) is 24.3 Å². The first-order valence-electron chi connectivity index (χ1n) is 27.3. The second kappa shape index (κ2) is 16.5. The molecule has 370 valence electrons. The molecule has 4 aliphatic heterocycles. The first-order chi connectivity index (χ1) is 39.6. The Morgan fingerprint density at radius 3 is 1.23 bits per heavy atom. The third kappa shape index (κ3) is 6.27. The molecule has 8 heteroatoms. The van der Waals surface area contributed by atoms with Gasteiger partial charge in [0.1, 0.15) is 57.2 Å². The second-order valence-corrected chi connectivity index (χ2v) is 21.3. The summed E-state index contributed by atoms with van der Waals surface area (Å²) in [5, 5.41) is 4.44. The molecule has 4 aliphatic rings. The molecular formula is C72H41B2NO5. The van der Waals surface area contributed by atoms with Gasteiger partial charge in [0.15, 0.2) is 0 Å². The number of hydrogen-bond acceptors (Lipinski definition) is 5. The summed E-state index contributed by atoms with van der Waals surface area (Å²) in [7, 11) is 0. The number of ether oxygens (including phenoxy) is 4. The first kappa shape index (κ1) is 43.6. The highest BCUT2D eigenvalue weighted by atomic mass is 16.5. The van der Waals surface area contributed by atoms with E-state index in [0.717, 1.165) is 167 Å². The van der Waals surface area contributed by atoms with Crippen LogP contribution in [0.3, 0.4) is 0 Å². The predicted octanol–water partition coefficient (Wildman–Crippen LogP) is 14.8. The highest BCUT2D eigenvalue weighted by Crippen LogP contribution is 2.48. The zero-order valence-electron chi connectivity index (χ0n) is 42.8.